The third-order valence-corrected chi connectivity index (χ3v) is 3.19. The van der Waals surface area contributed by atoms with Crippen molar-refractivity contribution in [3.8, 4) is 0 Å². The maximum Gasteiger partial charge on any atom is -0.0135 e. The molecule has 2 aliphatic rings. The van der Waals surface area contributed by atoms with Crippen LogP contribution in [0.1, 0.15) is 39.5 Å². The highest BCUT2D eigenvalue weighted by atomic mass is 14.5. The molecule has 0 aromatic heterocycles. The Morgan fingerprint density at radius 2 is 2.10 bits per heavy atom. The van der Waals surface area contributed by atoms with Crippen molar-refractivity contribution in [1.29, 1.82) is 0 Å². The van der Waals surface area contributed by atoms with E-state index >= 15 is 0 Å². The minimum absolute atomic E-state index is 0.959. The minimum atomic E-state index is 0.959. The molecule has 0 radical (unpaired) electrons. The molecule has 0 aromatic rings. The highest BCUT2D eigenvalue weighted by Crippen LogP contribution is 2.52. The lowest BCUT2D eigenvalue weighted by molar-refractivity contribution is 0.612. The molecular weight excluding hydrogens is 120 g/mol. The van der Waals surface area contributed by atoms with Crippen LogP contribution in [0.4, 0.5) is 0 Å². The molecular formula is C10H16. The molecule has 1 fully saturated rings. The zero-order chi connectivity index (χ0) is 7.14. The van der Waals surface area contributed by atoms with Gasteiger partial charge in [-0.25, -0.2) is 0 Å². The lowest BCUT2D eigenvalue weighted by atomic mass is 10.1. The van der Waals surface area contributed by atoms with Gasteiger partial charge in [0.1, 0.15) is 0 Å². The topological polar surface area (TPSA) is 0 Å². The molecule has 0 aliphatic heterocycles. The third-order valence-electron chi connectivity index (χ3n) is 3.19. The summed E-state index contributed by atoms with van der Waals surface area (Å²) in [6.07, 6.45) is 5.78. The van der Waals surface area contributed by atoms with Crippen LogP contribution in [0, 0.1) is 11.8 Å². The van der Waals surface area contributed by atoms with E-state index in [2.05, 4.69) is 13.8 Å². The van der Waals surface area contributed by atoms with Gasteiger partial charge >= 0.3 is 0 Å². The first-order chi connectivity index (χ1) is 4.80. The molecule has 0 heteroatoms. The van der Waals surface area contributed by atoms with Crippen molar-refractivity contribution in [1.82, 2.24) is 0 Å². The van der Waals surface area contributed by atoms with E-state index in [1.807, 2.05) is 5.57 Å². The largest absolute Gasteiger partial charge is 0.0735 e. The summed E-state index contributed by atoms with van der Waals surface area (Å²) >= 11 is 0. The summed E-state index contributed by atoms with van der Waals surface area (Å²) in [5, 5.41) is 0. The average molecular weight is 136 g/mol. The predicted molar refractivity (Wildman–Crippen MR) is 43.8 cm³/mol. The average Bonchev–Trinajstić information content (AvgIpc) is 2.57. The molecule has 0 nitrogen and oxygen atoms in total. The van der Waals surface area contributed by atoms with Gasteiger partial charge in [-0.3, -0.25) is 0 Å². The summed E-state index contributed by atoms with van der Waals surface area (Å²) < 4.78 is 0. The Morgan fingerprint density at radius 1 is 1.30 bits per heavy atom. The Bertz CT molecular complexity index is 176. The standard InChI is InChI=1S/C10H16/c1-7-5-3-4-6-9-8(2)10(7)9/h8-9H,3-6H2,1-2H3. The molecule has 0 heterocycles. The molecule has 0 bridgehead atoms. The molecule has 56 valence electrons. The Balaban J connectivity index is 2.20. The highest BCUT2D eigenvalue weighted by Gasteiger charge is 2.41. The first-order valence-corrected chi connectivity index (χ1v) is 4.50. The molecule has 2 aliphatic carbocycles. The maximum atomic E-state index is 2.38. The molecule has 2 atom stereocenters. The van der Waals surface area contributed by atoms with Crippen molar-refractivity contribution in [2.45, 2.75) is 39.5 Å². The fourth-order valence-electron chi connectivity index (χ4n) is 2.48. The van der Waals surface area contributed by atoms with Crippen molar-refractivity contribution in [2.75, 3.05) is 0 Å². The lowest BCUT2D eigenvalue weighted by Crippen LogP contribution is -1.80. The van der Waals surface area contributed by atoms with E-state index in [0.717, 1.165) is 11.8 Å². The van der Waals surface area contributed by atoms with Crippen LogP contribution in [-0.4, -0.2) is 0 Å². The van der Waals surface area contributed by atoms with Crippen molar-refractivity contribution in [2.24, 2.45) is 11.8 Å². The number of allylic oxidation sites excluding steroid dienone is 2. The molecule has 0 amide bonds. The number of hydrogen-bond acceptors (Lipinski definition) is 0. The summed E-state index contributed by atoms with van der Waals surface area (Å²) in [7, 11) is 0. The second kappa shape index (κ2) is 2.11. The van der Waals surface area contributed by atoms with Crippen molar-refractivity contribution in [3.63, 3.8) is 0 Å². The molecule has 0 spiro atoms. The second-order valence-electron chi connectivity index (χ2n) is 3.88. The van der Waals surface area contributed by atoms with Crippen LogP contribution in [0.15, 0.2) is 11.1 Å². The fraction of sp³-hybridized carbons (Fsp3) is 0.800. The summed E-state index contributed by atoms with van der Waals surface area (Å²) in [6, 6.07) is 0. The van der Waals surface area contributed by atoms with E-state index in [1.54, 1.807) is 5.57 Å². The van der Waals surface area contributed by atoms with Gasteiger partial charge in [0.15, 0.2) is 0 Å². The number of rotatable bonds is 0. The van der Waals surface area contributed by atoms with Crippen molar-refractivity contribution >= 4 is 0 Å². The first kappa shape index (κ1) is 6.45. The van der Waals surface area contributed by atoms with E-state index < -0.39 is 0 Å². The van der Waals surface area contributed by atoms with Gasteiger partial charge in [-0.15, -0.1) is 0 Å². The van der Waals surface area contributed by atoms with Crippen LogP contribution in [0.25, 0.3) is 0 Å². The van der Waals surface area contributed by atoms with Gasteiger partial charge in [-0.1, -0.05) is 24.5 Å². The maximum absolute atomic E-state index is 2.38. The van der Waals surface area contributed by atoms with Crippen LogP contribution in [0.2, 0.25) is 0 Å². The Hall–Kier alpha value is -0.260. The van der Waals surface area contributed by atoms with Crippen LogP contribution in [-0.2, 0) is 0 Å². The smallest absolute Gasteiger partial charge is 0.0135 e. The summed E-state index contributed by atoms with van der Waals surface area (Å²) in [5.41, 5.74) is 3.53. The van der Waals surface area contributed by atoms with Gasteiger partial charge in [-0.2, -0.15) is 0 Å². The quantitative estimate of drug-likeness (QED) is 0.449. The predicted octanol–water partition coefficient (Wildman–Crippen LogP) is 3.14. The van der Waals surface area contributed by atoms with Crippen LogP contribution in [0.5, 0.6) is 0 Å². The van der Waals surface area contributed by atoms with Gasteiger partial charge in [0.2, 0.25) is 0 Å². The second-order valence-corrected chi connectivity index (χ2v) is 3.88. The third kappa shape index (κ3) is 0.817. The van der Waals surface area contributed by atoms with E-state index in [0.29, 0.717) is 0 Å². The van der Waals surface area contributed by atoms with Crippen molar-refractivity contribution < 1.29 is 0 Å². The first-order valence-electron chi connectivity index (χ1n) is 4.50. The van der Waals surface area contributed by atoms with Crippen LogP contribution >= 0.6 is 0 Å². The molecule has 2 unspecified atom stereocenters. The fourth-order valence-corrected chi connectivity index (χ4v) is 2.48. The van der Waals surface area contributed by atoms with Crippen LogP contribution < -0.4 is 0 Å². The zero-order valence-electron chi connectivity index (χ0n) is 6.98. The van der Waals surface area contributed by atoms with Gasteiger partial charge in [0.25, 0.3) is 0 Å². The molecule has 0 saturated heterocycles. The van der Waals surface area contributed by atoms with Gasteiger partial charge in [0, 0.05) is 0 Å². The Morgan fingerprint density at radius 3 is 2.90 bits per heavy atom. The van der Waals surface area contributed by atoms with Crippen LogP contribution in [0.3, 0.4) is 0 Å². The van der Waals surface area contributed by atoms with E-state index in [-0.39, 0.29) is 0 Å². The molecule has 10 heavy (non-hydrogen) atoms. The monoisotopic (exact) mass is 136 g/mol. The highest BCUT2D eigenvalue weighted by molar-refractivity contribution is 5.34. The van der Waals surface area contributed by atoms with E-state index in [9.17, 15) is 0 Å². The molecule has 1 saturated carbocycles. The molecule has 0 N–H and O–H groups in total. The lowest BCUT2D eigenvalue weighted by Gasteiger charge is -1.96. The Labute approximate surface area is 63.3 Å². The molecule has 0 aromatic carbocycles. The van der Waals surface area contributed by atoms with Gasteiger partial charge in [-0.05, 0) is 38.0 Å². The zero-order valence-corrected chi connectivity index (χ0v) is 6.98. The van der Waals surface area contributed by atoms with Crippen molar-refractivity contribution in [3.05, 3.63) is 11.1 Å². The van der Waals surface area contributed by atoms with E-state index in [1.165, 1.54) is 25.7 Å². The van der Waals surface area contributed by atoms with E-state index in [4.69, 9.17) is 0 Å². The normalized spacial score (nSPS) is 39.0. The van der Waals surface area contributed by atoms with Gasteiger partial charge in [0.05, 0.1) is 0 Å². The SMILES string of the molecule is CC1=C2C(C)C2CCCC1. The summed E-state index contributed by atoms with van der Waals surface area (Å²) in [5.74, 6) is 1.97. The minimum Gasteiger partial charge on any atom is -0.0735 e. The summed E-state index contributed by atoms with van der Waals surface area (Å²) in [6.45, 7) is 4.71. The summed E-state index contributed by atoms with van der Waals surface area (Å²) in [4.78, 5) is 0. The number of fused-ring (bicyclic) bond motifs is 1. The molecule has 2 rings (SSSR count). The number of hydrogen-bond donors (Lipinski definition) is 0. The Kier molecular flexibility index (Phi) is 1.36. The van der Waals surface area contributed by atoms with Gasteiger partial charge < -0.3 is 0 Å².